The molecule has 7 heteroatoms. The Labute approximate surface area is 83.9 Å². The monoisotopic (exact) mass is 212 g/mol. The molecule has 0 unspecified atom stereocenters. The van der Waals surface area contributed by atoms with Crippen molar-refractivity contribution < 1.29 is 24.1 Å². The molecule has 0 aliphatic rings. The lowest BCUT2D eigenvalue weighted by molar-refractivity contribution is 0.0652. The van der Waals surface area contributed by atoms with Crippen LogP contribution in [0.3, 0.4) is 0 Å². The maximum Gasteiger partial charge on any atom is 0.374 e. The third-order valence-electron chi connectivity index (χ3n) is 1.30. The number of rotatable bonds is 2. The standard InChI is InChI=1S/C4H3NO3.C4H5NO2/c6-4(7)3-1-2-5-8-3;6-3-4-1-2-5-7-4/h1-2H,(H,6,7);1-2,6H,3H2. The minimum atomic E-state index is -1.09. The Morgan fingerprint density at radius 1 is 1.27 bits per heavy atom. The van der Waals surface area contributed by atoms with Crippen LogP contribution in [0.15, 0.2) is 33.6 Å². The van der Waals surface area contributed by atoms with Gasteiger partial charge in [0, 0.05) is 12.1 Å². The molecule has 0 saturated carbocycles. The fraction of sp³-hybridized carbons (Fsp3) is 0.125. The molecule has 0 saturated heterocycles. The van der Waals surface area contributed by atoms with Gasteiger partial charge in [0.15, 0.2) is 5.76 Å². The molecule has 2 N–H and O–H groups in total. The van der Waals surface area contributed by atoms with Gasteiger partial charge >= 0.3 is 5.97 Å². The third-order valence-corrected chi connectivity index (χ3v) is 1.30. The van der Waals surface area contributed by atoms with E-state index in [0.29, 0.717) is 5.76 Å². The zero-order valence-electron chi connectivity index (χ0n) is 7.53. The molecule has 0 aliphatic carbocycles. The molecule has 0 amide bonds. The van der Waals surface area contributed by atoms with Gasteiger partial charge in [0.1, 0.15) is 6.61 Å². The van der Waals surface area contributed by atoms with Crippen LogP contribution in [0.25, 0.3) is 0 Å². The summed E-state index contributed by atoms with van der Waals surface area (Å²) in [5.74, 6) is -0.729. The van der Waals surface area contributed by atoms with Gasteiger partial charge in [-0.05, 0) is 0 Å². The minimum absolute atomic E-state index is 0.0694. The van der Waals surface area contributed by atoms with Crippen LogP contribution in [0.4, 0.5) is 0 Å². The summed E-state index contributed by atoms with van der Waals surface area (Å²) in [6, 6.07) is 2.89. The number of aromatic carboxylic acids is 1. The van der Waals surface area contributed by atoms with Crippen LogP contribution in [-0.4, -0.2) is 26.5 Å². The summed E-state index contributed by atoms with van der Waals surface area (Å²) in [5, 5.41) is 23.0. The average Bonchev–Trinajstić information content (AvgIpc) is 2.92. The lowest BCUT2D eigenvalue weighted by atomic mass is 10.5. The largest absolute Gasteiger partial charge is 0.475 e. The molecular weight excluding hydrogens is 204 g/mol. The van der Waals surface area contributed by atoms with E-state index < -0.39 is 5.97 Å². The van der Waals surface area contributed by atoms with E-state index in [1.54, 1.807) is 6.07 Å². The molecule has 0 aliphatic heterocycles. The van der Waals surface area contributed by atoms with Crippen molar-refractivity contribution in [2.45, 2.75) is 6.61 Å². The van der Waals surface area contributed by atoms with Crippen LogP contribution in [0.2, 0.25) is 0 Å². The van der Waals surface area contributed by atoms with Crippen LogP contribution in [0, 0.1) is 0 Å². The first-order chi connectivity index (χ1) is 7.24. The second-order valence-corrected chi connectivity index (χ2v) is 2.32. The molecule has 2 aromatic heterocycles. The highest BCUT2D eigenvalue weighted by atomic mass is 16.5. The van der Waals surface area contributed by atoms with Crippen molar-refractivity contribution in [3.05, 3.63) is 36.0 Å². The van der Waals surface area contributed by atoms with E-state index in [9.17, 15) is 4.79 Å². The number of carbonyl (C=O) groups is 1. The number of nitrogens with zero attached hydrogens (tertiary/aromatic N) is 2. The molecule has 2 heterocycles. The molecule has 0 radical (unpaired) electrons. The van der Waals surface area contributed by atoms with Crippen molar-refractivity contribution in [2.24, 2.45) is 0 Å². The molecule has 2 rings (SSSR count). The van der Waals surface area contributed by atoms with Gasteiger partial charge in [-0.1, -0.05) is 10.3 Å². The average molecular weight is 212 g/mol. The second-order valence-electron chi connectivity index (χ2n) is 2.32. The van der Waals surface area contributed by atoms with Gasteiger partial charge in [-0.2, -0.15) is 0 Å². The van der Waals surface area contributed by atoms with Gasteiger partial charge in [-0.3, -0.25) is 0 Å². The predicted octanol–water partition coefficient (Wildman–Crippen LogP) is 0.540. The first-order valence-corrected chi connectivity index (χ1v) is 3.88. The van der Waals surface area contributed by atoms with E-state index in [1.165, 1.54) is 18.5 Å². The highest BCUT2D eigenvalue weighted by Crippen LogP contribution is 1.93. The number of hydrogen-bond donors (Lipinski definition) is 2. The van der Waals surface area contributed by atoms with E-state index in [0.717, 1.165) is 0 Å². The molecule has 15 heavy (non-hydrogen) atoms. The van der Waals surface area contributed by atoms with Gasteiger partial charge in [0.2, 0.25) is 5.76 Å². The zero-order chi connectivity index (χ0) is 11.1. The van der Waals surface area contributed by atoms with Crippen LogP contribution >= 0.6 is 0 Å². The zero-order valence-corrected chi connectivity index (χ0v) is 7.53. The third kappa shape index (κ3) is 3.61. The number of hydrogen-bond acceptors (Lipinski definition) is 6. The van der Waals surface area contributed by atoms with E-state index in [1.807, 2.05) is 0 Å². The first kappa shape index (κ1) is 10.9. The summed E-state index contributed by atoms with van der Waals surface area (Å²) in [6.45, 7) is -0.0694. The van der Waals surface area contributed by atoms with E-state index in [2.05, 4.69) is 19.4 Å². The van der Waals surface area contributed by atoms with Gasteiger partial charge < -0.3 is 19.3 Å². The number of aliphatic hydroxyl groups excluding tert-OH is 1. The number of carboxylic acid groups (broad SMARTS) is 1. The molecule has 2 aromatic rings. The van der Waals surface area contributed by atoms with E-state index in [4.69, 9.17) is 10.2 Å². The fourth-order valence-electron chi connectivity index (χ4n) is 0.650. The molecule has 0 atom stereocenters. The highest BCUT2D eigenvalue weighted by Gasteiger charge is 2.03. The maximum absolute atomic E-state index is 9.93. The number of aromatic nitrogens is 2. The number of carboxylic acids is 1. The predicted molar refractivity (Wildman–Crippen MR) is 45.9 cm³/mol. The van der Waals surface area contributed by atoms with Gasteiger partial charge in [-0.15, -0.1) is 0 Å². The quantitative estimate of drug-likeness (QED) is 0.747. The van der Waals surface area contributed by atoms with Crippen LogP contribution in [0.1, 0.15) is 16.3 Å². The molecule has 80 valence electrons. The molecule has 0 spiro atoms. The lowest BCUT2D eigenvalue weighted by Gasteiger charge is -1.76. The van der Waals surface area contributed by atoms with Crippen molar-refractivity contribution in [1.29, 1.82) is 0 Å². The van der Waals surface area contributed by atoms with Gasteiger partial charge in [0.25, 0.3) is 0 Å². The van der Waals surface area contributed by atoms with E-state index in [-0.39, 0.29) is 12.4 Å². The smallest absolute Gasteiger partial charge is 0.374 e. The van der Waals surface area contributed by atoms with Crippen molar-refractivity contribution >= 4 is 5.97 Å². The summed E-state index contributed by atoms with van der Waals surface area (Å²) in [5.41, 5.74) is 0. The number of aliphatic hydroxyl groups is 1. The van der Waals surface area contributed by atoms with Gasteiger partial charge in [-0.25, -0.2) is 4.79 Å². The van der Waals surface area contributed by atoms with Crippen molar-refractivity contribution in [2.75, 3.05) is 0 Å². The molecule has 0 aromatic carbocycles. The van der Waals surface area contributed by atoms with Crippen molar-refractivity contribution in [1.82, 2.24) is 10.3 Å². The Kier molecular flexibility index (Phi) is 4.05. The van der Waals surface area contributed by atoms with E-state index >= 15 is 0 Å². The fourth-order valence-corrected chi connectivity index (χ4v) is 0.650. The summed E-state index contributed by atoms with van der Waals surface area (Å²) in [7, 11) is 0. The summed E-state index contributed by atoms with van der Waals surface area (Å²) in [6.07, 6.45) is 2.77. The summed E-state index contributed by atoms with van der Waals surface area (Å²) < 4.78 is 8.73. The molecular formula is C8H8N2O5. The first-order valence-electron chi connectivity index (χ1n) is 3.88. The Hall–Kier alpha value is -2.15. The van der Waals surface area contributed by atoms with Crippen LogP contribution < -0.4 is 0 Å². The molecule has 0 bridgehead atoms. The van der Waals surface area contributed by atoms with Crippen molar-refractivity contribution in [3.8, 4) is 0 Å². The second kappa shape index (κ2) is 5.55. The van der Waals surface area contributed by atoms with Crippen LogP contribution in [-0.2, 0) is 6.61 Å². The van der Waals surface area contributed by atoms with Crippen molar-refractivity contribution in [3.63, 3.8) is 0 Å². The van der Waals surface area contributed by atoms with Gasteiger partial charge in [0.05, 0.1) is 12.4 Å². The summed E-state index contributed by atoms with van der Waals surface area (Å²) >= 11 is 0. The minimum Gasteiger partial charge on any atom is -0.475 e. The Morgan fingerprint density at radius 2 is 1.93 bits per heavy atom. The Balaban J connectivity index is 0.000000151. The summed E-state index contributed by atoms with van der Waals surface area (Å²) in [4.78, 5) is 9.93. The Morgan fingerprint density at radius 3 is 2.20 bits per heavy atom. The lowest BCUT2D eigenvalue weighted by Crippen LogP contribution is -1.91. The Bertz CT molecular complexity index is 381. The molecule has 0 fully saturated rings. The SMILES string of the molecule is O=C(O)c1ccno1.OCc1ccno1. The van der Waals surface area contributed by atoms with Crippen LogP contribution in [0.5, 0.6) is 0 Å². The normalized spacial score (nSPS) is 9.13. The molecule has 7 nitrogen and oxygen atoms in total. The topological polar surface area (TPSA) is 110 Å². The highest BCUT2D eigenvalue weighted by molar-refractivity contribution is 5.83. The maximum atomic E-state index is 9.93.